The maximum absolute atomic E-state index is 15.3. The van der Waals surface area contributed by atoms with Crippen molar-refractivity contribution in [1.29, 1.82) is 5.26 Å². The summed E-state index contributed by atoms with van der Waals surface area (Å²) in [4.78, 5) is 0. The van der Waals surface area contributed by atoms with Crippen LogP contribution < -0.4 is 4.74 Å². The zero-order valence-electron chi connectivity index (χ0n) is 18.3. The molecule has 1 unspecified atom stereocenters. The first-order valence-electron chi connectivity index (χ1n) is 10.4. The molecule has 0 saturated heterocycles. The van der Waals surface area contributed by atoms with Gasteiger partial charge in [-0.1, -0.05) is 41.4 Å². The number of benzene rings is 3. The minimum Gasteiger partial charge on any atom is -0.453 e. The summed E-state index contributed by atoms with van der Waals surface area (Å²) in [5, 5.41) is 36.4. The minimum absolute atomic E-state index is 0.0221. The zero-order valence-corrected chi connectivity index (χ0v) is 19.8. The van der Waals surface area contributed by atoms with E-state index in [1.54, 1.807) is 18.2 Å². The lowest BCUT2D eigenvalue weighted by Crippen LogP contribution is -2.02. The minimum atomic E-state index is -0.983. The molecule has 0 aliphatic rings. The van der Waals surface area contributed by atoms with E-state index in [4.69, 9.17) is 42.7 Å². The highest BCUT2D eigenvalue weighted by atomic mass is 35.5. The zero-order chi connectivity index (χ0) is 25.1. The molecule has 0 spiro atoms. The molecule has 178 valence electrons. The van der Waals surface area contributed by atoms with Crippen LogP contribution in [0.3, 0.4) is 0 Å². The quantitative estimate of drug-likeness (QED) is 0.322. The first-order valence-corrected chi connectivity index (χ1v) is 11.1. The molecule has 0 aliphatic heterocycles. The fourth-order valence-corrected chi connectivity index (χ4v) is 3.85. The van der Waals surface area contributed by atoms with E-state index in [9.17, 15) is 5.11 Å². The number of rotatable bonds is 7. The smallest absolute Gasteiger partial charge is 0.248 e. The molecule has 0 amide bonds. The standard InChI is InChI=1S/C25H18Cl2FN3O4/c1-13-6-15(21(33)12-32)2-4-19(13)25-31-30-22(35-25)9-16-3-5-20(27)24(23(16)28)34-18-8-14(11-29)7-17(26)10-18/h2-8,10,21,32-33H,9,12H2,1H3. The Kier molecular flexibility index (Phi) is 7.34. The van der Waals surface area contributed by atoms with Crippen LogP contribution in [0, 0.1) is 24.1 Å². The van der Waals surface area contributed by atoms with Crippen molar-refractivity contribution in [3.63, 3.8) is 0 Å². The molecule has 1 heterocycles. The van der Waals surface area contributed by atoms with Gasteiger partial charge in [-0.3, -0.25) is 0 Å². The van der Waals surface area contributed by atoms with Crippen molar-refractivity contribution in [2.24, 2.45) is 0 Å². The topological polar surface area (TPSA) is 112 Å². The van der Waals surface area contributed by atoms with Gasteiger partial charge in [0.05, 0.1) is 29.7 Å². The van der Waals surface area contributed by atoms with Gasteiger partial charge in [0.2, 0.25) is 11.8 Å². The Morgan fingerprint density at radius 1 is 1.14 bits per heavy atom. The first kappa shape index (κ1) is 24.6. The average Bonchev–Trinajstić information content (AvgIpc) is 3.30. The van der Waals surface area contributed by atoms with E-state index >= 15 is 4.39 Å². The van der Waals surface area contributed by atoms with Crippen LogP contribution in [0.25, 0.3) is 11.5 Å². The molecule has 4 rings (SSSR count). The van der Waals surface area contributed by atoms with Gasteiger partial charge >= 0.3 is 0 Å². The van der Waals surface area contributed by atoms with E-state index in [1.165, 1.54) is 30.3 Å². The number of hydrogen-bond donors (Lipinski definition) is 2. The largest absolute Gasteiger partial charge is 0.453 e. The number of aryl methyl sites for hydroxylation is 1. The number of aliphatic hydroxyl groups is 2. The number of nitrogens with zero attached hydrogens (tertiary/aromatic N) is 3. The fraction of sp³-hybridized carbons (Fsp3) is 0.160. The maximum Gasteiger partial charge on any atom is 0.248 e. The highest BCUT2D eigenvalue weighted by Gasteiger charge is 2.19. The molecule has 2 N–H and O–H groups in total. The molecule has 3 aromatic carbocycles. The summed E-state index contributed by atoms with van der Waals surface area (Å²) in [5.74, 6) is -0.368. The highest BCUT2D eigenvalue weighted by molar-refractivity contribution is 6.32. The van der Waals surface area contributed by atoms with Gasteiger partial charge in [-0.2, -0.15) is 5.26 Å². The summed E-state index contributed by atoms with van der Waals surface area (Å²) in [7, 11) is 0. The van der Waals surface area contributed by atoms with Gasteiger partial charge in [0.25, 0.3) is 0 Å². The van der Waals surface area contributed by atoms with E-state index < -0.39 is 18.5 Å². The van der Waals surface area contributed by atoms with Crippen LogP contribution in [-0.2, 0) is 6.42 Å². The van der Waals surface area contributed by atoms with E-state index in [1.807, 2.05) is 13.0 Å². The molecule has 1 atom stereocenters. The van der Waals surface area contributed by atoms with Crippen LogP contribution in [0.15, 0.2) is 52.9 Å². The Morgan fingerprint density at radius 3 is 2.66 bits per heavy atom. The molecule has 35 heavy (non-hydrogen) atoms. The highest BCUT2D eigenvalue weighted by Crippen LogP contribution is 2.36. The third-order valence-corrected chi connectivity index (χ3v) is 5.71. The third-order valence-electron chi connectivity index (χ3n) is 5.20. The molecular formula is C25H18Cl2FN3O4. The van der Waals surface area contributed by atoms with E-state index in [-0.39, 0.29) is 50.9 Å². The first-order chi connectivity index (χ1) is 16.8. The molecule has 0 radical (unpaired) electrons. The third kappa shape index (κ3) is 5.45. The van der Waals surface area contributed by atoms with Gasteiger partial charge in [-0.15, -0.1) is 10.2 Å². The van der Waals surface area contributed by atoms with Gasteiger partial charge in [0.1, 0.15) is 11.9 Å². The molecule has 4 aromatic rings. The van der Waals surface area contributed by atoms with Gasteiger partial charge in [0, 0.05) is 16.1 Å². The summed E-state index contributed by atoms with van der Waals surface area (Å²) >= 11 is 12.2. The number of ether oxygens (including phenoxy) is 1. The van der Waals surface area contributed by atoms with Crippen molar-refractivity contribution >= 4 is 23.2 Å². The molecule has 7 nitrogen and oxygen atoms in total. The lowest BCUT2D eigenvalue weighted by Gasteiger charge is -2.12. The van der Waals surface area contributed by atoms with E-state index in [2.05, 4.69) is 10.2 Å². The van der Waals surface area contributed by atoms with Crippen molar-refractivity contribution in [1.82, 2.24) is 10.2 Å². The number of hydrogen-bond acceptors (Lipinski definition) is 7. The Hall–Kier alpha value is -3.48. The van der Waals surface area contributed by atoms with Crippen molar-refractivity contribution in [3.8, 4) is 29.0 Å². The molecule has 0 fully saturated rings. The second-order valence-electron chi connectivity index (χ2n) is 7.69. The number of aromatic nitrogens is 2. The Bertz CT molecular complexity index is 1430. The van der Waals surface area contributed by atoms with E-state index in [0.717, 1.165) is 5.56 Å². The number of aliphatic hydroxyl groups excluding tert-OH is 2. The van der Waals surface area contributed by atoms with Crippen molar-refractivity contribution < 1.29 is 23.8 Å². The monoisotopic (exact) mass is 513 g/mol. The normalized spacial score (nSPS) is 11.8. The van der Waals surface area contributed by atoms with Crippen LogP contribution in [0.2, 0.25) is 10.0 Å². The van der Waals surface area contributed by atoms with Crippen LogP contribution in [-0.4, -0.2) is 27.0 Å². The van der Waals surface area contributed by atoms with Gasteiger partial charge in [0.15, 0.2) is 11.6 Å². The maximum atomic E-state index is 15.3. The summed E-state index contributed by atoms with van der Waals surface area (Å²) in [6.07, 6.45) is -1.00. The lowest BCUT2D eigenvalue weighted by atomic mass is 10.0. The molecular weight excluding hydrogens is 496 g/mol. The number of halogens is 3. The number of nitriles is 1. The summed E-state index contributed by atoms with van der Waals surface area (Å²) < 4.78 is 26.7. The van der Waals surface area contributed by atoms with Crippen LogP contribution in [0.1, 0.15) is 34.2 Å². The Labute approximate surface area is 209 Å². The van der Waals surface area contributed by atoms with Crippen molar-refractivity contribution in [2.45, 2.75) is 19.4 Å². The summed E-state index contributed by atoms with van der Waals surface area (Å²) in [6.45, 7) is 1.42. The SMILES string of the molecule is Cc1cc(C(O)CO)ccc1-c1nnc(Cc2ccc(Cl)c(Oc3cc(Cl)cc(C#N)c3)c2F)o1. The average molecular weight is 514 g/mol. The van der Waals surface area contributed by atoms with Gasteiger partial charge in [-0.05, 0) is 48.4 Å². The summed E-state index contributed by atoms with van der Waals surface area (Å²) in [5.41, 5.74) is 2.43. The molecule has 1 aromatic heterocycles. The molecule has 0 saturated carbocycles. The molecule has 0 aliphatic carbocycles. The Morgan fingerprint density at radius 2 is 1.94 bits per heavy atom. The second-order valence-corrected chi connectivity index (χ2v) is 8.53. The summed E-state index contributed by atoms with van der Waals surface area (Å²) in [6, 6.07) is 14.3. The van der Waals surface area contributed by atoms with Crippen LogP contribution >= 0.6 is 23.2 Å². The second kappa shape index (κ2) is 10.4. The molecule has 10 heteroatoms. The van der Waals surface area contributed by atoms with Gasteiger partial charge in [-0.25, -0.2) is 4.39 Å². The van der Waals surface area contributed by atoms with Crippen LogP contribution in [0.5, 0.6) is 11.5 Å². The fourth-order valence-electron chi connectivity index (χ4n) is 3.44. The van der Waals surface area contributed by atoms with Crippen molar-refractivity contribution in [2.75, 3.05) is 6.61 Å². The predicted octanol–water partition coefficient (Wildman–Crippen LogP) is 5.77. The lowest BCUT2D eigenvalue weighted by molar-refractivity contribution is 0.0956. The van der Waals surface area contributed by atoms with Gasteiger partial charge < -0.3 is 19.4 Å². The van der Waals surface area contributed by atoms with Crippen LogP contribution in [0.4, 0.5) is 4.39 Å². The Balaban J connectivity index is 1.59. The van der Waals surface area contributed by atoms with E-state index in [0.29, 0.717) is 11.1 Å². The molecule has 0 bridgehead atoms. The van der Waals surface area contributed by atoms with Crippen molar-refractivity contribution in [3.05, 3.63) is 92.5 Å². The predicted molar refractivity (Wildman–Crippen MR) is 127 cm³/mol.